The fourth-order valence-corrected chi connectivity index (χ4v) is 0.968. The first-order valence-electron chi connectivity index (χ1n) is 2.72. The molecule has 66 valence electrons. The summed E-state index contributed by atoms with van der Waals surface area (Å²) in [5, 5.41) is 16.4. The van der Waals surface area contributed by atoms with E-state index in [1.807, 2.05) is 0 Å². The summed E-state index contributed by atoms with van der Waals surface area (Å²) in [4.78, 5) is 20.1. The van der Waals surface area contributed by atoms with Gasteiger partial charge in [-0.1, -0.05) is 0 Å². The summed E-state index contributed by atoms with van der Waals surface area (Å²) < 4.78 is 20.1. The summed E-state index contributed by atoms with van der Waals surface area (Å²) in [5.74, 6) is -3.03. The number of hydrogen-bond donors (Lipinski definition) is 2. The highest BCUT2D eigenvalue weighted by atomic mass is 31.1. The van der Waals surface area contributed by atoms with Crippen molar-refractivity contribution < 1.29 is 28.9 Å². The number of carboxylic acids is 2. The van der Waals surface area contributed by atoms with Crippen molar-refractivity contribution in [1.82, 2.24) is 0 Å². The van der Waals surface area contributed by atoms with E-state index in [1.54, 1.807) is 0 Å². The van der Waals surface area contributed by atoms with Crippen LogP contribution >= 0.6 is 7.68 Å². The lowest BCUT2D eigenvalue weighted by molar-refractivity contribution is -0.135. The first kappa shape index (κ1) is 10.6. The Labute approximate surface area is 67.3 Å². The van der Waals surface area contributed by atoms with Crippen LogP contribution in [-0.2, 0) is 18.7 Å². The molecule has 7 heteroatoms. The average molecular weight is 192 g/mol. The Morgan fingerprint density at radius 2 is 1.75 bits per heavy atom. The highest BCUT2D eigenvalue weighted by molar-refractivity contribution is 7.31. The minimum Gasteiger partial charge on any atom is -0.478 e. The molecule has 0 heterocycles. The van der Waals surface area contributed by atoms with E-state index < -0.39 is 31.4 Å². The van der Waals surface area contributed by atoms with Crippen LogP contribution in [0.3, 0.4) is 0 Å². The zero-order valence-corrected chi connectivity index (χ0v) is 6.65. The molecular weight excluding hydrogens is 187 g/mol. The lowest BCUT2D eigenvalue weighted by Crippen LogP contribution is -2.05. The molecule has 0 aromatic carbocycles. The predicted octanol–water partition coefficient (Wildman–Crippen LogP) is 0.255. The maximum absolute atomic E-state index is 10.2. The van der Waals surface area contributed by atoms with Gasteiger partial charge < -0.3 is 10.2 Å². The Balaban J connectivity index is 4.67. The minimum absolute atomic E-state index is 0.355. The Morgan fingerprint density at radius 3 is 2.00 bits per heavy atom. The van der Waals surface area contributed by atoms with Gasteiger partial charge in [0.25, 0.3) is 0 Å². The van der Waals surface area contributed by atoms with Gasteiger partial charge in [0.1, 0.15) is 0 Å². The van der Waals surface area contributed by atoms with Crippen LogP contribution < -0.4 is 0 Å². The fourth-order valence-electron chi connectivity index (χ4n) is 0.463. The molecule has 0 aromatic heterocycles. The average Bonchev–Trinajstić information content (AvgIpc) is 1.83. The van der Waals surface area contributed by atoms with Crippen LogP contribution in [0, 0.1) is 0 Å². The van der Waals surface area contributed by atoms with Crippen molar-refractivity contribution in [2.75, 3.05) is 6.16 Å². The molecule has 0 saturated heterocycles. The van der Waals surface area contributed by atoms with Crippen LogP contribution in [0.25, 0.3) is 0 Å². The van der Waals surface area contributed by atoms with Gasteiger partial charge in [0.2, 0.25) is 0 Å². The molecule has 0 aliphatic heterocycles. The molecular formula is C5H5O6P. The van der Waals surface area contributed by atoms with Gasteiger partial charge in [-0.15, -0.1) is 0 Å². The zero-order chi connectivity index (χ0) is 9.72. The monoisotopic (exact) mass is 192 g/mol. The maximum atomic E-state index is 10.2. The quantitative estimate of drug-likeness (QED) is 0.488. The number of carboxylic acid groups (broad SMARTS) is 2. The molecule has 0 rings (SSSR count). The van der Waals surface area contributed by atoms with Gasteiger partial charge in [-0.25, -0.2) is 18.7 Å². The third-order valence-corrected chi connectivity index (χ3v) is 1.47. The Bertz CT molecular complexity index is 291. The largest absolute Gasteiger partial charge is 0.478 e. The van der Waals surface area contributed by atoms with Crippen molar-refractivity contribution in [2.24, 2.45) is 0 Å². The zero-order valence-electron chi connectivity index (χ0n) is 5.76. The van der Waals surface area contributed by atoms with Crippen molar-refractivity contribution in [3.63, 3.8) is 0 Å². The van der Waals surface area contributed by atoms with E-state index in [9.17, 15) is 18.7 Å². The smallest absolute Gasteiger partial charge is 0.332 e. The van der Waals surface area contributed by atoms with Crippen molar-refractivity contribution in [3.8, 4) is 0 Å². The van der Waals surface area contributed by atoms with Gasteiger partial charge in [0.05, 0.1) is 11.7 Å². The first-order chi connectivity index (χ1) is 5.43. The molecule has 0 saturated carbocycles. The van der Waals surface area contributed by atoms with Gasteiger partial charge in [0.15, 0.2) is 0 Å². The van der Waals surface area contributed by atoms with Crippen LogP contribution in [0.15, 0.2) is 11.6 Å². The van der Waals surface area contributed by atoms with Crippen molar-refractivity contribution in [2.45, 2.75) is 0 Å². The van der Waals surface area contributed by atoms with E-state index in [2.05, 4.69) is 0 Å². The lowest BCUT2D eigenvalue weighted by Gasteiger charge is -1.91. The maximum Gasteiger partial charge on any atom is 0.332 e. The molecule has 12 heavy (non-hydrogen) atoms. The van der Waals surface area contributed by atoms with E-state index in [-0.39, 0.29) is 0 Å². The molecule has 6 nitrogen and oxygen atoms in total. The molecule has 0 aliphatic rings. The van der Waals surface area contributed by atoms with Gasteiger partial charge in [-0.3, -0.25) is 0 Å². The number of aliphatic carboxylic acids is 2. The highest BCUT2D eigenvalue weighted by Crippen LogP contribution is 2.10. The van der Waals surface area contributed by atoms with Crippen LogP contribution in [-0.4, -0.2) is 28.3 Å². The van der Waals surface area contributed by atoms with E-state index in [4.69, 9.17) is 10.2 Å². The number of hydrogen-bond acceptors (Lipinski definition) is 4. The molecule has 0 aromatic rings. The second kappa shape index (κ2) is 4.46. The SMILES string of the molecule is O=C(O)/C=C(/CP(=O)=O)C(=O)O. The van der Waals surface area contributed by atoms with Gasteiger partial charge in [0, 0.05) is 6.08 Å². The molecule has 0 fully saturated rings. The van der Waals surface area contributed by atoms with Crippen molar-refractivity contribution in [1.29, 1.82) is 0 Å². The molecule has 0 atom stereocenters. The molecule has 2 N–H and O–H groups in total. The Morgan fingerprint density at radius 1 is 1.25 bits per heavy atom. The number of carbonyl (C=O) groups is 2. The summed E-state index contributed by atoms with van der Waals surface area (Å²) in [6.07, 6.45) is -0.412. The summed E-state index contributed by atoms with van der Waals surface area (Å²) >= 11 is 0. The second-order valence-electron chi connectivity index (χ2n) is 1.80. The molecule has 0 unspecified atom stereocenters. The highest BCUT2D eigenvalue weighted by Gasteiger charge is 2.11. The van der Waals surface area contributed by atoms with Crippen LogP contribution in [0.5, 0.6) is 0 Å². The molecule has 0 radical (unpaired) electrons. The fraction of sp³-hybridized carbons (Fsp3) is 0.200. The summed E-state index contributed by atoms with van der Waals surface area (Å²) in [5.41, 5.74) is -0.654. The molecule has 0 bridgehead atoms. The van der Waals surface area contributed by atoms with Crippen LogP contribution in [0.1, 0.15) is 0 Å². The first-order valence-corrected chi connectivity index (χ1v) is 4.08. The van der Waals surface area contributed by atoms with Gasteiger partial charge in [-0.2, -0.15) is 0 Å². The van der Waals surface area contributed by atoms with Gasteiger partial charge in [-0.05, 0) is 0 Å². The van der Waals surface area contributed by atoms with Crippen molar-refractivity contribution >= 4 is 19.6 Å². The summed E-state index contributed by atoms with van der Waals surface area (Å²) in [7, 11) is -2.92. The standard InChI is InChI=1S/C5H5O6P/c6-4(7)1-3(5(8)9)2-12(10)11/h1H,2H2,(H,6,7)(H,8,9)/b3-1-. The molecule has 0 spiro atoms. The summed E-state index contributed by atoms with van der Waals surface area (Å²) in [6.45, 7) is 0. The number of rotatable bonds is 4. The summed E-state index contributed by atoms with van der Waals surface area (Å²) in [6, 6.07) is 0. The van der Waals surface area contributed by atoms with Gasteiger partial charge >= 0.3 is 19.6 Å². The minimum atomic E-state index is -2.92. The molecule has 0 aliphatic carbocycles. The second-order valence-corrected chi connectivity index (χ2v) is 2.79. The van der Waals surface area contributed by atoms with Crippen LogP contribution in [0.2, 0.25) is 0 Å². The third kappa shape index (κ3) is 4.40. The topological polar surface area (TPSA) is 109 Å². The predicted molar refractivity (Wildman–Crippen MR) is 36.5 cm³/mol. The lowest BCUT2D eigenvalue weighted by atomic mass is 10.3. The van der Waals surface area contributed by atoms with E-state index >= 15 is 0 Å². The normalized spacial score (nSPS) is 10.8. The molecule has 0 amide bonds. The van der Waals surface area contributed by atoms with E-state index in [0.717, 1.165) is 0 Å². The van der Waals surface area contributed by atoms with Crippen LogP contribution in [0.4, 0.5) is 0 Å². The van der Waals surface area contributed by atoms with E-state index in [1.165, 1.54) is 0 Å². The Hall–Kier alpha value is -1.42. The van der Waals surface area contributed by atoms with E-state index in [0.29, 0.717) is 6.08 Å². The van der Waals surface area contributed by atoms with Crippen molar-refractivity contribution in [3.05, 3.63) is 11.6 Å². The third-order valence-electron chi connectivity index (χ3n) is 0.872. The Kier molecular flexibility index (Phi) is 3.93.